The molecule has 0 aliphatic carbocycles. The van der Waals surface area contributed by atoms with E-state index in [1.807, 2.05) is 0 Å². The summed E-state index contributed by atoms with van der Waals surface area (Å²) in [5.41, 5.74) is -1.03. The summed E-state index contributed by atoms with van der Waals surface area (Å²) in [5.74, 6) is -1.03. The van der Waals surface area contributed by atoms with Gasteiger partial charge in [-0.1, -0.05) is 0 Å². The zero-order chi connectivity index (χ0) is 12.3. The zero-order valence-corrected chi connectivity index (χ0v) is 9.10. The molecule has 0 aromatic carbocycles. The fraction of sp³-hybridized carbons (Fsp3) is 0.500. The van der Waals surface area contributed by atoms with Crippen molar-refractivity contribution < 1.29 is 14.6 Å². The quantitative estimate of drug-likeness (QED) is 0.686. The fourth-order valence-electron chi connectivity index (χ4n) is 1.65. The van der Waals surface area contributed by atoms with Gasteiger partial charge in [0.25, 0.3) is 5.56 Å². The van der Waals surface area contributed by atoms with E-state index in [2.05, 4.69) is 15.3 Å². The van der Waals surface area contributed by atoms with Crippen LogP contribution >= 0.6 is 0 Å². The number of rotatable bonds is 4. The molecule has 7 nitrogen and oxygen atoms in total. The zero-order valence-electron chi connectivity index (χ0n) is 9.10. The largest absolute Gasteiger partial charge is 0.477 e. The maximum absolute atomic E-state index is 11.3. The van der Waals surface area contributed by atoms with E-state index in [9.17, 15) is 9.59 Å². The standard InChI is InChI=1S/C10H13N3O4/c14-8-7(9(15)16)5-12-10(13-8)11-4-6-2-1-3-17-6/h5-6H,1-4H2,(H,15,16)(H2,11,12,13,14). The number of aromatic nitrogens is 2. The third-order valence-electron chi connectivity index (χ3n) is 2.55. The van der Waals surface area contributed by atoms with Gasteiger partial charge < -0.3 is 15.2 Å². The predicted molar refractivity (Wildman–Crippen MR) is 59.3 cm³/mol. The molecule has 0 spiro atoms. The first-order chi connectivity index (χ1) is 8.16. The molecular weight excluding hydrogens is 226 g/mol. The number of aromatic amines is 1. The molecule has 1 aliphatic heterocycles. The Balaban J connectivity index is 1.99. The Morgan fingerprint density at radius 3 is 3.12 bits per heavy atom. The second kappa shape index (κ2) is 4.96. The van der Waals surface area contributed by atoms with Crippen LogP contribution in [-0.4, -0.2) is 40.3 Å². The molecule has 1 aromatic rings. The fourth-order valence-corrected chi connectivity index (χ4v) is 1.65. The van der Waals surface area contributed by atoms with Gasteiger partial charge >= 0.3 is 5.97 Å². The Morgan fingerprint density at radius 2 is 2.53 bits per heavy atom. The number of carboxylic acids is 1. The average molecular weight is 239 g/mol. The second-order valence-electron chi connectivity index (χ2n) is 3.80. The summed E-state index contributed by atoms with van der Waals surface area (Å²) in [6.07, 6.45) is 3.18. The molecule has 2 rings (SSSR count). The van der Waals surface area contributed by atoms with Crippen molar-refractivity contribution in [2.75, 3.05) is 18.5 Å². The van der Waals surface area contributed by atoms with E-state index >= 15 is 0 Å². The van der Waals surface area contributed by atoms with Crippen molar-refractivity contribution in [3.05, 3.63) is 22.1 Å². The van der Waals surface area contributed by atoms with Crippen molar-refractivity contribution in [3.8, 4) is 0 Å². The van der Waals surface area contributed by atoms with Gasteiger partial charge in [0, 0.05) is 13.2 Å². The third kappa shape index (κ3) is 2.82. The first-order valence-electron chi connectivity index (χ1n) is 5.35. The molecule has 1 aromatic heterocycles. The lowest BCUT2D eigenvalue weighted by molar-refractivity contribution is 0.0694. The van der Waals surface area contributed by atoms with Crippen LogP contribution in [0, 0.1) is 0 Å². The monoisotopic (exact) mass is 239 g/mol. The second-order valence-corrected chi connectivity index (χ2v) is 3.80. The van der Waals surface area contributed by atoms with Crippen LogP contribution in [0.5, 0.6) is 0 Å². The van der Waals surface area contributed by atoms with Crippen molar-refractivity contribution in [2.24, 2.45) is 0 Å². The van der Waals surface area contributed by atoms with Crippen LogP contribution in [-0.2, 0) is 4.74 Å². The Kier molecular flexibility index (Phi) is 3.38. The number of hydrogen-bond donors (Lipinski definition) is 3. The van der Waals surface area contributed by atoms with Crippen LogP contribution in [0.3, 0.4) is 0 Å². The van der Waals surface area contributed by atoms with Gasteiger partial charge in [0.15, 0.2) is 0 Å². The third-order valence-corrected chi connectivity index (χ3v) is 2.55. The van der Waals surface area contributed by atoms with Crippen LogP contribution < -0.4 is 10.9 Å². The van der Waals surface area contributed by atoms with Gasteiger partial charge in [-0.25, -0.2) is 9.78 Å². The summed E-state index contributed by atoms with van der Waals surface area (Å²) in [6, 6.07) is 0. The molecular formula is C10H13N3O4. The Bertz CT molecular complexity index is 465. The number of nitrogens with zero attached hydrogens (tertiary/aromatic N) is 1. The van der Waals surface area contributed by atoms with Gasteiger partial charge in [-0.05, 0) is 12.8 Å². The highest BCUT2D eigenvalue weighted by atomic mass is 16.5. The molecule has 0 radical (unpaired) electrons. The summed E-state index contributed by atoms with van der Waals surface area (Å²) in [7, 11) is 0. The minimum atomic E-state index is -1.29. The number of aromatic carboxylic acids is 1. The minimum absolute atomic E-state index is 0.124. The predicted octanol–water partition coefficient (Wildman–Crippen LogP) is 0.0590. The van der Waals surface area contributed by atoms with E-state index in [0.717, 1.165) is 25.6 Å². The smallest absolute Gasteiger partial charge is 0.342 e. The molecule has 3 N–H and O–H groups in total. The number of ether oxygens (including phenoxy) is 1. The van der Waals surface area contributed by atoms with Crippen LogP contribution in [0.4, 0.5) is 5.95 Å². The van der Waals surface area contributed by atoms with Crippen molar-refractivity contribution in [1.82, 2.24) is 9.97 Å². The van der Waals surface area contributed by atoms with Gasteiger partial charge in [0.05, 0.1) is 12.3 Å². The lowest BCUT2D eigenvalue weighted by Gasteiger charge is -2.10. The molecule has 0 saturated carbocycles. The van der Waals surface area contributed by atoms with E-state index in [-0.39, 0.29) is 17.6 Å². The molecule has 92 valence electrons. The van der Waals surface area contributed by atoms with Crippen molar-refractivity contribution in [2.45, 2.75) is 18.9 Å². The van der Waals surface area contributed by atoms with E-state index in [1.165, 1.54) is 0 Å². The van der Waals surface area contributed by atoms with Gasteiger partial charge in [-0.15, -0.1) is 0 Å². The molecule has 1 unspecified atom stereocenters. The number of carboxylic acid groups (broad SMARTS) is 1. The van der Waals surface area contributed by atoms with Crippen LogP contribution in [0.15, 0.2) is 11.0 Å². The average Bonchev–Trinajstić information content (AvgIpc) is 2.78. The maximum atomic E-state index is 11.3. The first-order valence-corrected chi connectivity index (χ1v) is 5.35. The molecule has 1 fully saturated rings. The van der Waals surface area contributed by atoms with Gasteiger partial charge in [-0.2, -0.15) is 0 Å². The highest BCUT2D eigenvalue weighted by Gasteiger charge is 2.15. The number of carbonyl (C=O) groups is 1. The van der Waals surface area contributed by atoms with Crippen LogP contribution in [0.25, 0.3) is 0 Å². The van der Waals surface area contributed by atoms with Crippen molar-refractivity contribution in [1.29, 1.82) is 0 Å². The topological polar surface area (TPSA) is 104 Å². The molecule has 1 saturated heterocycles. The van der Waals surface area contributed by atoms with E-state index in [1.54, 1.807) is 0 Å². The first kappa shape index (κ1) is 11.6. The Labute approximate surface area is 96.8 Å². The number of nitrogens with one attached hydrogen (secondary N) is 2. The van der Waals surface area contributed by atoms with E-state index in [4.69, 9.17) is 9.84 Å². The summed E-state index contributed by atoms with van der Waals surface area (Å²) >= 11 is 0. The lowest BCUT2D eigenvalue weighted by Crippen LogP contribution is -2.24. The highest BCUT2D eigenvalue weighted by Crippen LogP contribution is 2.11. The number of hydrogen-bond acceptors (Lipinski definition) is 5. The molecule has 1 atom stereocenters. The lowest BCUT2D eigenvalue weighted by atomic mass is 10.2. The van der Waals surface area contributed by atoms with Gasteiger partial charge in [0.1, 0.15) is 5.56 Å². The molecule has 1 aliphatic rings. The molecule has 0 bridgehead atoms. The van der Waals surface area contributed by atoms with E-state index < -0.39 is 11.5 Å². The normalized spacial score (nSPS) is 19.2. The summed E-state index contributed by atoms with van der Waals surface area (Å²) in [6.45, 7) is 1.31. The van der Waals surface area contributed by atoms with Gasteiger partial charge in [0.2, 0.25) is 5.95 Å². The Hall–Kier alpha value is -1.89. The highest BCUT2D eigenvalue weighted by molar-refractivity contribution is 5.86. The summed E-state index contributed by atoms with van der Waals surface area (Å²) < 4.78 is 5.39. The van der Waals surface area contributed by atoms with E-state index in [0.29, 0.717) is 6.54 Å². The number of anilines is 1. The summed E-state index contributed by atoms with van der Waals surface area (Å²) in [4.78, 5) is 28.1. The molecule has 17 heavy (non-hydrogen) atoms. The van der Waals surface area contributed by atoms with Crippen LogP contribution in [0.1, 0.15) is 23.2 Å². The molecule has 2 heterocycles. The molecule has 0 amide bonds. The van der Waals surface area contributed by atoms with Crippen LogP contribution in [0.2, 0.25) is 0 Å². The van der Waals surface area contributed by atoms with Gasteiger partial charge in [-0.3, -0.25) is 9.78 Å². The minimum Gasteiger partial charge on any atom is -0.477 e. The molecule has 7 heteroatoms. The Morgan fingerprint density at radius 1 is 1.71 bits per heavy atom. The summed E-state index contributed by atoms with van der Waals surface area (Å²) in [5, 5.41) is 11.6. The number of H-pyrrole nitrogens is 1. The maximum Gasteiger partial charge on any atom is 0.342 e. The van der Waals surface area contributed by atoms with Crippen molar-refractivity contribution >= 4 is 11.9 Å². The SMILES string of the molecule is O=C(O)c1cnc(NCC2CCCO2)[nH]c1=O. The van der Waals surface area contributed by atoms with Crippen molar-refractivity contribution in [3.63, 3.8) is 0 Å².